The molecule has 0 saturated heterocycles. The first-order valence-electron chi connectivity index (χ1n) is 6.24. The van der Waals surface area contributed by atoms with Gasteiger partial charge in [-0.2, -0.15) is 0 Å². The smallest absolute Gasteiger partial charge is 0.129 e. The fourth-order valence-corrected chi connectivity index (χ4v) is 2.41. The number of benzene rings is 1. The molecular formula is C15H16ClN3S. The summed E-state index contributed by atoms with van der Waals surface area (Å²) >= 11 is 11.2. The standard InChI is InChI=1S/C15H16ClN3S/c1-10(12-5-3-4-6-13(12)16)19(2)14-9-11(15(17)20)7-8-18-14/h3-10H,1-2H3,(H2,17,20). The van der Waals surface area contributed by atoms with Crippen LogP contribution in [0.5, 0.6) is 0 Å². The van der Waals surface area contributed by atoms with Crippen molar-refractivity contribution in [1.29, 1.82) is 0 Å². The van der Waals surface area contributed by atoms with Gasteiger partial charge in [-0.15, -0.1) is 0 Å². The molecule has 104 valence electrons. The van der Waals surface area contributed by atoms with E-state index in [9.17, 15) is 0 Å². The molecule has 2 N–H and O–H groups in total. The van der Waals surface area contributed by atoms with Crippen LogP contribution in [0.4, 0.5) is 5.82 Å². The van der Waals surface area contributed by atoms with Crippen LogP contribution in [0.3, 0.4) is 0 Å². The van der Waals surface area contributed by atoms with Gasteiger partial charge in [0.15, 0.2) is 0 Å². The summed E-state index contributed by atoms with van der Waals surface area (Å²) in [5.41, 5.74) is 7.52. The molecule has 20 heavy (non-hydrogen) atoms. The quantitative estimate of drug-likeness (QED) is 0.877. The molecule has 0 bridgehead atoms. The number of aromatic nitrogens is 1. The van der Waals surface area contributed by atoms with Crippen LogP contribution in [0, 0.1) is 0 Å². The molecule has 0 radical (unpaired) electrons. The van der Waals surface area contributed by atoms with Crippen LogP contribution in [0.25, 0.3) is 0 Å². The third-order valence-electron chi connectivity index (χ3n) is 3.33. The summed E-state index contributed by atoms with van der Waals surface area (Å²) in [7, 11) is 1.97. The van der Waals surface area contributed by atoms with Crippen molar-refractivity contribution < 1.29 is 0 Å². The molecular weight excluding hydrogens is 290 g/mol. The van der Waals surface area contributed by atoms with Crippen molar-refractivity contribution in [2.24, 2.45) is 5.73 Å². The zero-order valence-electron chi connectivity index (χ0n) is 11.4. The predicted octanol–water partition coefficient (Wildman–Crippen LogP) is 3.57. The lowest BCUT2D eigenvalue weighted by Crippen LogP contribution is -2.23. The first kappa shape index (κ1) is 14.8. The second-order valence-corrected chi connectivity index (χ2v) is 5.42. The molecule has 5 heteroatoms. The minimum Gasteiger partial charge on any atom is -0.389 e. The van der Waals surface area contributed by atoms with E-state index in [-0.39, 0.29) is 6.04 Å². The van der Waals surface area contributed by atoms with Crippen molar-refractivity contribution in [3.63, 3.8) is 0 Å². The normalized spacial score (nSPS) is 11.9. The molecule has 1 aromatic carbocycles. The van der Waals surface area contributed by atoms with E-state index in [1.54, 1.807) is 12.3 Å². The predicted molar refractivity (Wildman–Crippen MR) is 88.4 cm³/mol. The van der Waals surface area contributed by atoms with Crippen LogP contribution in [0.15, 0.2) is 42.6 Å². The second-order valence-electron chi connectivity index (χ2n) is 4.58. The molecule has 0 saturated carbocycles. The van der Waals surface area contributed by atoms with E-state index in [4.69, 9.17) is 29.6 Å². The Labute approximate surface area is 129 Å². The van der Waals surface area contributed by atoms with Gasteiger partial charge in [-0.25, -0.2) is 4.98 Å². The Balaban J connectivity index is 2.31. The number of hydrogen-bond donors (Lipinski definition) is 1. The largest absolute Gasteiger partial charge is 0.389 e. The molecule has 0 amide bonds. The van der Waals surface area contributed by atoms with E-state index in [1.165, 1.54) is 0 Å². The van der Waals surface area contributed by atoms with Crippen molar-refractivity contribution in [1.82, 2.24) is 4.98 Å². The van der Waals surface area contributed by atoms with Gasteiger partial charge in [0.05, 0.1) is 6.04 Å². The van der Waals surface area contributed by atoms with Gasteiger partial charge in [-0.05, 0) is 30.7 Å². The summed E-state index contributed by atoms with van der Waals surface area (Å²) in [6, 6.07) is 11.6. The van der Waals surface area contributed by atoms with Gasteiger partial charge in [0.1, 0.15) is 10.8 Å². The van der Waals surface area contributed by atoms with E-state index in [0.717, 1.165) is 22.0 Å². The summed E-state index contributed by atoms with van der Waals surface area (Å²) < 4.78 is 0. The van der Waals surface area contributed by atoms with Gasteiger partial charge >= 0.3 is 0 Å². The molecule has 2 rings (SSSR count). The third-order valence-corrected chi connectivity index (χ3v) is 3.91. The number of pyridine rings is 1. The summed E-state index contributed by atoms with van der Waals surface area (Å²) in [5, 5.41) is 0.748. The van der Waals surface area contributed by atoms with E-state index in [2.05, 4.69) is 11.9 Å². The summed E-state index contributed by atoms with van der Waals surface area (Å²) in [6.45, 7) is 2.08. The first-order chi connectivity index (χ1) is 9.50. The number of nitrogens with zero attached hydrogens (tertiary/aromatic N) is 2. The number of hydrogen-bond acceptors (Lipinski definition) is 3. The molecule has 3 nitrogen and oxygen atoms in total. The molecule has 1 heterocycles. The molecule has 1 unspecified atom stereocenters. The van der Waals surface area contributed by atoms with Gasteiger partial charge < -0.3 is 10.6 Å². The maximum atomic E-state index is 6.24. The van der Waals surface area contributed by atoms with E-state index < -0.39 is 0 Å². The highest BCUT2D eigenvalue weighted by Crippen LogP contribution is 2.29. The lowest BCUT2D eigenvalue weighted by atomic mass is 10.1. The molecule has 1 aromatic heterocycles. The van der Waals surface area contributed by atoms with Crippen molar-refractivity contribution >= 4 is 34.6 Å². The Hall–Kier alpha value is -1.65. The zero-order chi connectivity index (χ0) is 14.7. The lowest BCUT2D eigenvalue weighted by molar-refractivity contribution is 0.729. The summed E-state index contributed by atoms with van der Waals surface area (Å²) in [5.74, 6) is 0.808. The molecule has 2 aromatic rings. The number of nitrogens with two attached hydrogens (primary N) is 1. The first-order valence-corrected chi connectivity index (χ1v) is 7.02. The third kappa shape index (κ3) is 3.08. The van der Waals surface area contributed by atoms with Gasteiger partial charge in [0.25, 0.3) is 0 Å². The van der Waals surface area contributed by atoms with Crippen molar-refractivity contribution in [2.75, 3.05) is 11.9 Å². The minimum atomic E-state index is 0.0952. The van der Waals surface area contributed by atoms with Crippen LogP contribution in [-0.2, 0) is 0 Å². The van der Waals surface area contributed by atoms with E-state index in [0.29, 0.717) is 4.99 Å². The van der Waals surface area contributed by atoms with Gasteiger partial charge in [-0.1, -0.05) is 42.0 Å². The van der Waals surface area contributed by atoms with Crippen molar-refractivity contribution in [2.45, 2.75) is 13.0 Å². The van der Waals surface area contributed by atoms with Crippen LogP contribution >= 0.6 is 23.8 Å². The van der Waals surface area contributed by atoms with Crippen LogP contribution in [-0.4, -0.2) is 17.0 Å². The summed E-state index contributed by atoms with van der Waals surface area (Å²) in [6.07, 6.45) is 1.71. The molecule has 0 aliphatic heterocycles. The number of thiocarbonyl (C=S) groups is 1. The molecule has 0 spiro atoms. The van der Waals surface area contributed by atoms with Gasteiger partial charge in [0, 0.05) is 23.8 Å². The SMILES string of the molecule is CC(c1ccccc1Cl)N(C)c1cc(C(N)=S)ccn1. The summed E-state index contributed by atoms with van der Waals surface area (Å²) in [4.78, 5) is 6.78. The van der Waals surface area contributed by atoms with E-state index >= 15 is 0 Å². The Morgan fingerprint density at radius 1 is 1.35 bits per heavy atom. The van der Waals surface area contributed by atoms with Crippen LogP contribution in [0.2, 0.25) is 5.02 Å². The molecule has 0 fully saturated rings. The molecule has 1 atom stereocenters. The number of anilines is 1. The van der Waals surface area contributed by atoms with Crippen molar-refractivity contribution in [3.05, 3.63) is 58.7 Å². The highest BCUT2D eigenvalue weighted by Gasteiger charge is 2.16. The highest BCUT2D eigenvalue weighted by molar-refractivity contribution is 7.80. The fraction of sp³-hybridized carbons (Fsp3) is 0.200. The number of halogens is 1. The van der Waals surface area contributed by atoms with Crippen LogP contribution in [0.1, 0.15) is 24.1 Å². The van der Waals surface area contributed by atoms with Gasteiger partial charge in [0.2, 0.25) is 0 Å². The number of rotatable bonds is 4. The highest BCUT2D eigenvalue weighted by atomic mass is 35.5. The monoisotopic (exact) mass is 305 g/mol. The fourth-order valence-electron chi connectivity index (χ4n) is 1.99. The Bertz CT molecular complexity index is 630. The zero-order valence-corrected chi connectivity index (χ0v) is 12.9. The van der Waals surface area contributed by atoms with Crippen LogP contribution < -0.4 is 10.6 Å². The van der Waals surface area contributed by atoms with E-state index in [1.807, 2.05) is 42.3 Å². The lowest BCUT2D eigenvalue weighted by Gasteiger charge is -2.27. The van der Waals surface area contributed by atoms with Gasteiger partial charge in [-0.3, -0.25) is 0 Å². The maximum absolute atomic E-state index is 6.24. The molecule has 0 aliphatic carbocycles. The second kappa shape index (κ2) is 6.20. The molecule has 0 aliphatic rings. The topological polar surface area (TPSA) is 42.1 Å². The average molecular weight is 306 g/mol. The minimum absolute atomic E-state index is 0.0952. The maximum Gasteiger partial charge on any atom is 0.129 e. The van der Waals surface area contributed by atoms with Crippen molar-refractivity contribution in [3.8, 4) is 0 Å². The Morgan fingerprint density at radius 3 is 2.70 bits per heavy atom. The average Bonchev–Trinajstić information content (AvgIpc) is 2.46. The Kier molecular flexibility index (Phi) is 4.57. The Morgan fingerprint density at radius 2 is 2.05 bits per heavy atom.